The van der Waals surface area contributed by atoms with Crippen LogP contribution in [0.3, 0.4) is 0 Å². The zero-order valence-electron chi connectivity index (χ0n) is 10.2. The number of halogens is 2. The fourth-order valence-electron chi connectivity index (χ4n) is 1.65. The Kier molecular flexibility index (Phi) is 4.66. The van der Waals surface area contributed by atoms with E-state index >= 15 is 0 Å². The molecular formula is C13H15BrClN3. The smallest absolute Gasteiger partial charge is 0.207 e. The number of anilines is 1. The number of rotatable bonds is 5. The zero-order chi connectivity index (χ0) is 13.0. The highest BCUT2D eigenvalue weighted by molar-refractivity contribution is 9.10. The molecule has 0 saturated carbocycles. The third-order valence-corrected chi connectivity index (χ3v) is 3.85. The summed E-state index contributed by atoms with van der Waals surface area (Å²) >= 11 is 9.43. The van der Waals surface area contributed by atoms with Crippen LogP contribution in [0.2, 0.25) is 5.02 Å². The Morgan fingerprint density at radius 2 is 2.28 bits per heavy atom. The van der Waals surface area contributed by atoms with Crippen LogP contribution in [0.5, 0.6) is 0 Å². The van der Waals surface area contributed by atoms with Crippen molar-refractivity contribution in [3.8, 4) is 5.69 Å². The first-order chi connectivity index (χ1) is 8.72. The normalized spacial score (nSPS) is 10.6. The van der Waals surface area contributed by atoms with Crippen LogP contribution in [0, 0.1) is 0 Å². The van der Waals surface area contributed by atoms with Gasteiger partial charge in [-0.1, -0.05) is 24.9 Å². The average molecular weight is 329 g/mol. The van der Waals surface area contributed by atoms with Crippen molar-refractivity contribution < 1.29 is 0 Å². The van der Waals surface area contributed by atoms with E-state index in [1.807, 2.05) is 29.0 Å². The Hall–Kier alpha value is -1.000. The SMILES string of the molecule is CCCCNc1nccn1-c1ccc(Cl)c(Br)c1. The van der Waals surface area contributed by atoms with Crippen LogP contribution in [0.25, 0.3) is 5.69 Å². The summed E-state index contributed by atoms with van der Waals surface area (Å²) < 4.78 is 2.89. The Morgan fingerprint density at radius 1 is 1.44 bits per heavy atom. The summed E-state index contributed by atoms with van der Waals surface area (Å²) in [5.74, 6) is 0.859. The lowest BCUT2D eigenvalue weighted by Gasteiger charge is -2.10. The summed E-state index contributed by atoms with van der Waals surface area (Å²) in [5.41, 5.74) is 1.03. The molecule has 18 heavy (non-hydrogen) atoms. The second-order valence-electron chi connectivity index (χ2n) is 4.00. The summed E-state index contributed by atoms with van der Waals surface area (Å²) in [6, 6.07) is 5.82. The van der Waals surface area contributed by atoms with Crippen molar-refractivity contribution in [1.29, 1.82) is 0 Å². The molecule has 0 unspecified atom stereocenters. The van der Waals surface area contributed by atoms with Gasteiger partial charge in [0, 0.05) is 29.1 Å². The molecule has 0 aliphatic heterocycles. The Labute approximate surface area is 120 Å². The molecular weight excluding hydrogens is 314 g/mol. The van der Waals surface area contributed by atoms with Gasteiger partial charge in [0.2, 0.25) is 5.95 Å². The van der Waals surface area contributed by atoms with E-state index in [0.29, 0.717) is 5.02 Å². The lowest BCUT2D eigenvalue weighted by molar-refractivity contribution is 0.823. The van der Waals surface area contributed by atoms with Gasteiger partial charge >= 0.3 is 0 Å². The van der Waals surface area contributed by atoms with Gasteiger partial charge in [0.15, 0.2) is 0 Å². The van der Waals surface area contributed by atoms with Crippen molar-refractivity contribution in [2.45, 2.75) is 19.8 Å². The third kappa shape index (κ3) is 3.06. The predicted octanol–water partition coefficient (Wildman–Crippen LogP) is 4.50. The van der Waals surface area contributed by atoms with Crippen molar-refractivity contribution in [3.05, 3.63) is 40.1 Å². The molecule has 2 aromatic rings. The molecule has 0 aliphatic carbocycles. The summed E-state index contributed by atoms with van der Waals surface area (Å²) in [5, 5.41) is 4.04. The number of hydrogen-bond acceptors (Lipinski definition) is 2. The van der Waals surface area contributed by atoms with Crippen molar-refractivity contribution in [2.75, 3.05) is 11.9 Å². The van der Waals surface area contributed by atoms with Crippen molar-refractivity contribution >= 4 is 33.5 Å². The second kappa shape index (κ2) is 6.25. The van der Waals surface area contributed by atoms with Gasteiger partial charge in [0.1, 0.15) is 0 Å². The molecule has 0 fully saturated rings. The summed E-state index contributed by atoms with van der Waals surface area (Å²) in [6.45, 7) is 3.10. The number of nitrogens with one attached hydrogen (secondary N) is 1. The minimum Gasteiger partial charge on any atom is -0.355 e. The molecule has 1 N–H and O–H groups in total. The van der Waals surface area contributed by atoms with E-state index in [0.717, 1.165) is 29.1 Å². The molecule has 0 amide bonds. The van der Waals surface area contributed by atoms with Gasteiger partial charge in [-0.3, -0.25) is 4.57 Å². The second-order valence-corrected chi connectivity index (χ2v) is 5.26. The Bertz CT molecular complexity index is 525. The summed E-state index contributed by atoms with van der Waals surface area (Å²) in [4.78, 5) is 4.32. The van der Waals surface area contributed by atoms with Gasteiger partial charge in [-0.05, 0) is 40.5 Å². The molecule has 1 aromatic heterocycles. The van der Waals surface area contributed by atoms with E-state index in [4.69, 9.17) is 11.6 Å². The molecule has 0 bridgehead atoms. The average Bonchev–Trinajstić information content (AvgIpc) is 2.81. The molecule has 2 rings (SSSR count). The van der Waals surface area contributed by atoms with Crippen LogP contribution in [0.1, 0.15) is 19.8 Å². The minimum atomic E-state index is 0.708. The van der Waals surface area contributed by atoms with Gasteiger partial charge in [0.05, 0.1) is 5.02 Å². The topological polar surface area (TPSA) is 29.9 Å². The van der Waals surface area contributed by atoms with E-state index in [1.54, 1.807) is 6.20 Å². The summed E-state index contributed by atoms with van der Waals surface area (Å²) in [6.07, 6.45) is 6.03. The number of hydrogen-bond donors (Lipinski definition) is 1. The van der Waals surface area contributed by atoms with Crippen LogP contribution >= 0.6 is 27.5 Å². The molecule has 5 heteroatoms. The first-order valence-electron chi connectivity index (χ1n) is 5.95. The highest BCUT2D eigenvalue weighted by Gasteiger charge is 2.06. The maximum absolute atomic E-state index is 6.00. The highest BCUT2D eigenvalue weighted by Crippen LogP contribution is 2.26. The van der Waals surface area contributed by atoms with Gasteiger partial charge in [-0.15, -0.1) is 0 Å². The van der Waals surface area contributed by atoms with Crippen LogP contribution in [0.15, 0.2) is 35.1 Å². The molecule has 3 nitrogen and oxygen atoms in total. The monoisotopic (exact) mass is 327 g/mol. The van der Waals surface area contributed by atoms with Crippen molar-refractivity contribution in [3.63, 3.8) is 0 Å². The third-order valence-electron chi connectivity index (χ3n) is 2.64. The quantitative estimate of drug-likeness (QED) is 0.819. The predicted molar refractivity (Wildman–Crippen MR) is 79.7 cm³/mol. The maximum atomic E-state index is 6.00. The van der Waals surface area contributed by atoms with Gasteiger partial charge in [-0.25, -0.2) is 4.98 Å². The van der Waals surface area contributed by atoms with Crippen LogP contribution in [0.4, 0.5) is 5.95 Å². The van der Waals surface area contributed by atoms with Gasteiger partial charge in [0.25, 0.3) is 0 Å². The fraction of sp³-hybridized carbons (Fsp3) is 0.308. The lowest BCUT2D eigenvalue weighted by atomic mass is 10.3. The number of imidazole rings is 1. The van der Waals surface area contributed by atoms with Crippen LogP contribution in [-0.4, -0.2) is 16.1 Å². The van der Waals surface area contributed by atoms with E-state index < -0.39 is 0 Å². The number of benzene rings is 1. The Morgan fingerprint density at radius 3 is 3.00 bits per heavy atom. The molecule has 0 radical (unpaired) electrons. The summed E-state index contributed by atoms with van der Waals surface area (Å²) in [7, 11) is 0. The van der Waals surface area contributed by atoms with Crippen LogP contribution < -0.4 is 5.32 Å². The van der Waals surface area contributed by atoms with E-state index in [1.165, 1.54) is 6.42 Å². The molecule has 1 aromatic carbocycles. The van der Waals surface area contributed by atoms with E-state index in [9.17, 15) is 0 Å². The number of unbranched alkanes of at least 4 members (excludes halogenated alkanes) is 1. The molecule has 0 atom stereocenters. The molecule has 0 saturated heterocycles. The van der Waals surface area contributed by atoms with Crippen molar-refractivity contribution in [2.24, 2.45) is 0 Å². The minimum absolute atomic E-state index is 0.708. The molecule has 1 heterocycles. The highest BCUT2D eigenvalue weighted by atomic mass is 79.9. The number of nitrogens with zero attached hydrogens (tertiary/aromatic N) is 2. The molecule has 96 valence electrons. The van der Waals surface area contributed by atoms with Crippen LogP contribution in [-0.2, 0) is 0 Å². The maximum Gasteiger partial charge on any atom is 0.207 e. The lowest BCUT2D eigenvalue weighted by Crippen LogP contribution is -2.07. The largest absolute Gasteiger partial charge is 0.355 e. The fourth-order valence-corrected chi connectivity index (χ4v) is 2.14. The van der Waals surface area contributed by atoms with E-state index in [2.05, 4.69) is 33.2 Å². The van der Waals surface area contributed by atoms with Gasteiger partial charge < -0.3 is 5.32 Å². The van der Waals surface area contributed by atoms with E-state index in [-0.39, 0.29) is 0 Å². The van der Waals surface area contributed by atoms with Crippen molar-refractivity contribution in [1.82, 2.24) is 9.55 Å². The van der Waals surface area contributed by atoms with Gasteiger partial charge in [-0.2, -0.15) is 0 Å². The standard InChI is InChI=1S/C13H15BrClN3/c1-2-3-6-16-13-17-7-8-18(13)10-4-5-12(15)11(14)9-10/h4-5,7-9H,2-3,6H2,1H3,(H,16,17). The number of aromatic nitrogens is 2. The zero-order valence-corrected chi connectivity index (χ0v) is 12.5. The first-order valence-corrected chi connectivity index (χ1v) is 7.12. The molecule has 0 aliphatic rings. The Balaban J connectivity index is 2.22. The first kappa shape index (κ1) is 13.4. The molecule has 0 spiro atoms.